The maximum atomic E-state index is 12.1. The minimum Gasteiger partial charge on any atom is -0.302 e. The van der Waals surface area contributed by atoms with Crippen LogP contribution < -0.4 is 0 Å². The summed E-state index contributed by atoms with van der Waals surface area (Å²) in [6, 6.07) is 20.8. The van der Waals surface area contributed by atoms with E-state index in [0.717, 1.165) is 19.3 Å². The van der Waals surface area contributed by atoms with Gasteiger partial charge in [0, 0.05) is 5.92 Å². The van der Waals surface area contributed by atoms with Crippen LogP contribution in [0.1, 0.15) is 42.7 Å². The first-order valence-corrected chi connectivity index (χ1v) is 7.43. The third-order valence-electron chi connectivity index (χ3n) is 4.68. The van der Waals surface area contributed by atoms with Gasteiger partial charge in [0.2, 0.25) is 0 Å². The fourth-order valence-corrected chi connectivity index (χ4v) is 3.65. The van der Waals surface area contributed by atoms with Crippen LogP contribution in [0.25, 0.3) is 0 Å². The quantitative estimate of drug-likeness (QED) is 0.747. The molecule has 3 rings (SSSR count). The zero-order chi connectivity index (χ0) is 13.8. The number of hydrogen-bond acceptors (Lipinski definition) is 1. The molecule has 1 fully saturated rings. The maximum Gasteiger partial charge on any atom is 0.131 e. The van der Waals surface area contributed by atoms with E-state index in [1.54, 1.807) is 0 Å². The normalized spacial score (nSPS) is 26.1. The second-order valence-corrected chi connectivity index (χ2v) is 5.73. The van der Waals surface area contributed by atoms with Gasteiger partial charge in [-0.1, -0.05) is 73.5 Å². The van der Waals surface area contributed by atoms with Crippen LogP contribution in [0.4, 0.5) is 0 Å². The molecular weight excluding hydrogens is 244 g/mol. The molecule has 1 aliphatic rings. The van der Waals surface area contributed by atoms with Crippen LogP contribution in [-0.2, 0) is 10.2 Å². The van der Waals surface area contributed by atoms with Gasteiger partial charge in [0.05, 0.1) is 5.41 Å². The van der Waals surface area contributed by atoms with Crippen molar-refractivity contribution in [1.29, 1.82) is 0 Å². The Morgan fingerprint density at radius 2 is 1.55 bits per heavy atom. The van der Waals surface area contributed by atoms with Gasteiger partial charge in [-0.05, 0) is 24.0 Å². The van der Waals surface area contributed by atoms with Crippen LogP contribution in [-0.4, -0.2) is 6.29 Å². The molecule has 0 N–H and O–H groups in total. The predicted octanol–water partition coefficient (Wildman–Crippen LogP) is 4.48. The Morgan fingerprint density at radius 3 is 2.20 bits per heavy atom. The van der Waals surface area contributed by atoms with E-state index in [-0.39, 0.29) is 5.41 Å². The molecule has 0 aromatic heterocycles. The van der Waals surface area contributed by atoms with Crippen LogP contribution in [0.5, 0.6) is 0 Å². The summed E-state index contributed by atoms with van der Waals surface area (Å²) in [5.74, 6) is 0.303. The molecule has 2 unspecified atom stereocenters. The monoisotopic (exact) mass is 264 g/mol. The molecule has 1 saturated carbocycles. The fourth-order valence-electron chi connectivity index (χ4n) is 3.65. The van der Waals surface area contributed by atoms with E-state index in [9.17, 15) is 4.79 Å². The molecule has 0 heterocycles. The maximum absolute atomic E-state index is 12.1. The summed E-state index contributed by atoms with van der Waals surface area (Å²) < 4.78 is 0. The summed E-state index contributed by atoms with van der Waals surface area (Å²) >= 11 is 0. The molecule has 102 valence electrons. The predicted molar refractivity (Wildman–Crippen MR) is 81.8 cm³/mol. The molecule has 0 radical (unpaired) electrons. The summed E-state index contributed by atoms with van der Waals surface area (Å²) in [6.45, 7) is 0. The molecule has 1 heteroatoms. The number of hydrogen-bond donors (Lipinski definition) is 0. The molecule has 20 heavy (non-hydrogen) atoms. The summed E-state index contributed by atoms with van der Waals surface area (Å²) in [5.41, 5.74) is 2.12. The van der Waals surface area contributed by atoms with Gasteiger partial charge in [-0.3, -0.25) is 0 Å². The van der Waals surface area contributed by atoms with Crippen LogP contribution in [0, 0.1) is 0 Å². The van der Waals surface area contributed by atoms with Gasteiger partial charge in [-0.2, -0.15) is 0 Å². The van der Waals surface area contributed by atoms with E-state index in [1.807, 2.05) is 24.3 Å². The van der Waals surface area contributed by atoms with E-state index in [4.69, 9.17) is 0 Å². The molecule has 1 aliphatic carbocycles. The minimum absolute atomic E-state index is 0.303. The molecule has 0 amide bonds. The van der Waals surface area contributed by atoms with Gasteiger partial charge in [0.1, 0.15) is 6.29 Å². The molecule has 0 bridgehead atoms. The number of carbonyl (C=O) groups excluding carboxylic acids is 1. The third kappa shape index (κ3) is 2.18. The van der Waals surface area contributed by atoms with E-state index < -0.39 is 0 Å². The smallest absolute Gasteiger partial charge is 0.131 e. The van der Waals surface area contributed by atoms with Crippen molar-refractivity contribution in [3.05, 3.63) is 71.8 Å². The summed E-state index contributed by atoms with van der Waals surface area (Å²) in [5, 5.41) is 0. The van der Waals surface area contributed by atoms with E-state index in [2.05, 4.69) is 36.4 Å². The fraction of sp³-hybridized carbons (Fsp3) is 0.316. The molecule has 2 aromatic carbocycles. The lowest BCUT2D eigenvalue weighted by Crippen LogP contribution is -2.38. The Morgan fingerprint density at radius 1 is 0.900 bits per heavy atom. The van der Waals surface area contributed by atoms with Crippen molar-refractivity contribution in [1.82, 2.24) is 0 Å². The van der Waals surface area contributed by atoms with Crippen LogP contribution in [0.3, 0.4) is 0 Å². The minimum atomic E-state index is -0.346. The SMILES string of the molecule is O=CC1(c2ccccc2)CCCCC1c1ccccc1. The first-order chi connectivity index (χ1) is 9.87. The first-order valence-electron chi connectivity index (χ1n) is 7.43. The van der Waals surface area contributed by atoms with Crippen LogP contribution >= 0.6 is 0 Å². The molecular formula is C19H20O. The Hall–Kier alpha value is -1.89. The molecule has 0 saturated heterocycles. The number of rotatable bonds is 3. The molecule has 2 aromatic rings. The third-order valence-corrected chi connectivity index (χ3v) is 4.68. The van der Waals surface area contributed by atoms with Crippen LogP contribution in [0.15, 0.2) is 60.7 Å². The van der Waals surface area contributed by atoms with Crippen molar-refractivity contribution in [3.63, 3.8) is 0 Å². The van der Waals surface area contributed by atoms with Crippen molar-refractivity contribution < 1.29 is 4.79 Å². The number of benzene rings is 2. The van der Waals surface area contributed by atoms with Crippen molar-refractivity contribution in [2.45, 2.75) is 37.0 Å². The lowest BCUT2D eigenvalue weighted by Gasteiger charge is -2.41. The molecule has 1 nitrogen and oxygen atoms in total. The zero-order valence-corrected chi connectivity index (χ0v) is 11.7. The van der Waals surface area contributed by atoms with Gasteiger partial charge >= 0.3 is 0 Å². The topological polar surface area (TPSA) is 17.1 Å². The largest absolute Gasteiger partial charge is 0.302 e. The zero-order valence-electron chi connectivity index (χ0n) is 11.7. The van der Waals surface area contributed by atoms with E-state index in [1.165, 1.54) is 23.8 Å². The lowest BCUT2D eigenvalue weighted by atomic mass is 9.61. The Balaban J connectivity index is 2.09. The molecule has 2 atom stereocenters. The summed E-state index contributed by atoms with van der Waals surface area (Å²) in [4.78, 5) is 12.1. The highest BCUT2D eigenvalue weighted by molar-refractivity contribution is 5.71. The number of aldehydes is 1. The Bertz CT molecular complexity index is 561. The second-order valence-electron chi connectivity index (χ2n) is 5.73. The highest BCUT2D eigenvalue weighted by atomic mass is 16.1. The van der Waals surface area contributed by atoms with Crippen molar-refractivity contribution in [2.75, 3.05) is 0 Å². The van der Waals surface area contributed by atoms with Gasteiger partial charge < -0.3 is 4.79 Å². The van der Waals surface area contributed by atoms with Crippen molar-refractivity contribution in [3.8, 4) is 0 Å². The van der Waals surface area contributed by atoms with Gasteiger partial charge in [-0.25, -0.2) is 0 Å². The summed E-state index contributed by atoms with van der Waals surface area (Å²) in [6.07, 6.45) is 5.61. The van der Waals surface area contributed by atoms with E-state index in [0.29, 0.717) is 5.92 Å². The van der Waals surface area contributed by atoms with Gasteiger partial charge in [0.25, 0.3) is 0 Å². The molecule has 0 aliphatic heterocycles. The average Bonchev–Trinajstić information content (AvgIpc) is 2.56. The molecule has 0 spiro atoms. The van der Waals surface area contributed by atoms with Crippen LogP contribution in [0.2, 0.25) is 0 Å². The summed E-state index contributed by atoms with van der Waals surface area (Å²) in [7, 11) is 0. The lowest BCUT2D eigenvalue weighted by molar-refractivity contribution is -0.114. The standard InChI is InChI=1S/C19H20O/c20-15-19(17-11-5-2-6-12-17)14-8-7-13-18(19)16-9-3-1-4-10-16/h1-6,9-12,15,18H,7-8,13-14H2. The van der Waals surface area contributed by atoms with Gasteiger partial charge in [-0.15, -0.1) is 0 Å². The Kier molecular flexibility index (Phi) is 3.68. The van der Waals surface area contributed by atoms with Crippen molar-refractivity contribution in [2.24, 2.45) is 0 Å². The highest BCUT2D eigenvalue weighted by Gasteiger charge is 2.42. The first kappa shape index (κ1) is 13.1. The highest BCUT2D eigenvalue weighted by Crippen LogP contribution is 2.47. The van der Waals surface area contributed by atoms with Gasteiger partial charge in [0.15, 0.2) is 0 Å². The second kappa shape index (κ2) is 5.62. The van der Waals surface area contributed by atoms with E-state index >= 15 is 0 Å². The average molecular weight is 264 g/mol. The Labute approximate surface area is 120 Å². The van der Waals surface area contributed by atoms with Crippen molar-refractivity contribution >= 4 is 6.29 Å². The number of carbonyl (C=O) groups is 1.